The number of aliphatic hydroxyl groups is 2. The summed E-state index contributed by atoms with van der Waals surface area (Å²) < 4.78 is 8.27. The Morgan fingerprint density at radius 2 is 1.80 bits per heavy atom. The monoisotopic (exact) mass is 570 g/mol. The third-order valence-corrected chi connectivity index (χ3v) is 6.64. The highest BCUT2D eigenvalue weighted by Gasteiger charge is 2.29. The molecule has 3 heterocycles. The van der Waals surface area contributed by atoms with Crippen LogP contribution in [0, 0.1) is 0 Å². The summed E-state index contributed by atoms with van der Waals surface area (Å²) >= 11 is 0. The first-order chi connectivity index (χ1) is 19.2. The van der Waals surface area contributed by atoms with Crippen LogP contribution in [0.25, 0.3) is 11.2 Å². The number of urea groups is 1. The van der Waals surface area contributed by atoms with Crippen molar-refractivity contribution in [1.29, 1.82) is 0 Å². The van der Waals surface area contributed by atoms with Gasteiger partial charge in [0.1, 0.15) is 18.1 Å². The number of hydrogen-bond acceptors (Lipinski definition) is 9. The number of hydrogen-bond donors (Lipinski definition) is 5. The normalized spacial score (nSPS) is 17.4. The van der Waals surface area contributed by atoms with Crippen molar-refractivity contribution in [2.24, 2.45) is 0 Å². The van der Waals surface area contributed by atoms with E-state index in [-0.39, 0.29) is 23.8 Å². The van der Waals surface area contributed by atoms with Crippen molar-refractivity contribution >= 4 is 28.7 Å². The van der Waals surface area contributed by atoms with E-state index in [2.05, 4.69) is 70.3 Å². The van der Waals surface area contributed by atoms with E-state index in [1.54, 1.807) is 6.33 Å². The molecule has 2 atom stereocenters. The molecule has 1 saturated heterocycles. The highest BCUT2D eigenvalue weighted by atomic mass is 16.5. The van der Waals surface area contributed by atoms with Crippen LogP contribution in [0.1, 0.15) is 72.6 Å². The summed E-state index contributed by atoms with van der Waals surface area (Å²) in [5.74, 6) is -1.12. The number of nitrogen functional groups attached to an aromatic ring is 1. The Morgan fingerprint density at radius 1 is 1.12 bits per heavy atom. The Hall–Kier alpha value is -3.32. The maximum absolute atomic E-state index is 12.3. The number of nitrogens with one attached hydrogen (secondary N) is 2. The molecule has 1 fully saturated rings. The van der Waals surface area contributed by atoms with E-state index in [4.69, 9.17) is 20.7 Å². The molecule has 2 aromatic heterocycles. The van der Waals surface area contributed by atoms with Gasteiger partial charge in [-0.3, -0.25) is 4.57 Å². The van der Waals surface area contributed by atoms with Gasteiger partial charge >= 0.3 is 6.03 Å². The Morgan fingerprint density at radius 3 is 2.44 bits per heavy atom. The molecule has 226 valence electrons. The predicted octanol–water partition coefficient (Wildman–Crippen LogP) is 3.62. The summed E-state index contributed by atoms with van der Waals surface area (Å²) in [5, 5.41) is 22.0. The fraction of sp³-hybridized carbons (Fsp3) is 0.586. The molecule has 4 rings (SSSR count). The van der Waals surface area contributed by atoms with Crippen LogP contribution in [0.2, 0.25) is 0 Å². The molecule has 0 radical (unpaired) electrons. The molecule has 0 spiro atoms. The molecule has 3 aromatic rings. The summed E-state index contributed by atoms with van der Waals surface area (Å²) in [6.45, 7) is 14.5. The summed E-state index contributed by atoms with van der Waals surface area (Å²) in [6.07, 6.45) is 5.96. The van der Waals surface area contributed by atoms with Crippen molar-refractivity contribution in [3.63, 3.8) is 0 Å². The molecule has 41 heavy (non-hydrogen) atoms. The maximum Gasteiger partial charge on any atom is 0.319 e. The minimum absolute atomic E-state index is 0.0910. The molecule has 12 nitrogen and oxygen atoms in total. The zero-order valence-electron chi connectivity index (χ0n) is 25.1. The number of nitrogens with zero attached hydrogens (tertiary/aromatic N) is 5. The number of carbonyl (C=O) groups is 1. The SMILES string of the molecule is CC(C)(O)O.CCN(CCCNC(=O)Nc1ccc(C(C)(C)C)cc1)CC1CCC(n2cnc3c(N)ncnc32)O1. The first-order valence-corrected chi connectivity index (χ1v) is 14.2. The number of rotatable bonds is 9. The fourth-order valence-electron chi connectivity index (χ4n) is 4.51. The molecule has 0 bridgehead atoms. The van der Waals surface area contributed by atoms with Crippen LogP contribution in [0.15, 0.2) is 36.9 Å². The van der Waals surface area contributed by atoms with Crippen LogP contribution in [-0.4, -0.2) is 78.7 Å². The summed E-state index contributed by atoms with van der Waals surface area (Å²) in [5.41, 5.74) is 9.35. The Labute approximate surface area is 242 Å². The lowest BCUT2D eigenvalue weighted by atomic mass is 9.87. The summed E-state index contributed by atoms with van der Waals surface area (Å²) in [6, 6.07) is 7.83. The molecular weight excluding hydrogens is 524 g/mol. The number of amides is 2. The number of fused-ring (bicyclic) bond motifs is 1. The van der Waals surface area contributed by atoms with E-state index in [0.29, 0.717) is 23.5 Å². The summed E-state index contributed by atoms with van der Waals surface area (Å²) in [4.78, 5) is 27.3. The Balaban J connectivity index is 0.000000850. The Kier molecular flexibility index (Phi) is 11.0. The van der Waals surface area contributed by atoms with Crippen molar-refractivity contribution in [1.82, 2.24) is 29.7 Å². The molecule has 12 heteroatoms. The van der Waals surface area contributed by atoms with Crippen LogP contribution in [0.5, 0.6) is 0 Å². The third kappa shape index (κ3) is 10.2. The second-order valence-electron chi connectivity index (χ2n) is 11.8. The number of imidazole rings is 1. The van der Waals surface area contributed by atoms with E-state index < -0.39 is 5.79 Å². The van der Waals surface area contributed by atoms with Crippen LogP contribution in [0.4, 0.5) is 16.3 Å². The fourth-order valence-corrected chi connectivity index (χ4v) is 4.51. The molecule has 2 amide bonds. The number of benzene rings is 1. The lowest BCUT2D eigenvalue weighted by Crippen LogP contribution is -2.36. The Bertz CT molecular complexity index is 1240. The van der Waals surface area contributed by atoms with Gasteiger partial charge in [0.25, 0.3) is 0 Å². The van der Waals surface area contributed by atoms with Crippen LogP contribution in [-0.2, 0) is 10.2 Å². The van der Waals surface area contributed by atoms with E-state index in [0.717, 1.165) is 44.6 Å². The van der Waals surface area contributed by atoms with Crippen LogP contribution < -0.4 is 16.4 Å². The quantitative estimate of drug-likeness (QED) is 0.191. The van der Waals surface area contributed by atoms with Crippen molar-refractivity contribution < 1.29 is 19.7 Å². The highest BCUT2D eigenvalue weighted by Crippen LogP contribution is 2.31. The molecule has 1 aliphatic heterocycles. The number of likely N-dealkylation sites (N-methyl/N-ethyl adjacent to an activating group) is 1. The maximum atomic E-state index is 12.3. The number of aromatic nitrogens is 4. The largest absolute Gasteiger partial charge is 0.382 e. The van der Waals surface area contributed by atoms with E-state index in [1.807, 2.05) is 16.7 Å². The number of anilines is 2. The van der Waals surface area contributed by atoms with E-state index >= 15 is 0 Å². The molecule has 0 aliphatic carbocycles. The average molecular weight is 571 g/mol. The topological polar surface area (TPSA) is 164 Å². The molecule has 1 aliphatic rings. The number of nitrogens with two attached hydrogens (primary N) is 1. The lowest BCUT2D eigenvalue weighted by Gasteiger charge is -2.24. The van der Waals surface area contributed by atoms with Gasteiger partial charge < -0.3 is 36.2 Å². The second kappa shape index (κ2) is 14.0. The van der Waals surface area contributed by atoms with E-state index in [9.17, 15) is 4.79 Å². The minimum atomic E-state index is -1.50. The molecular formula is C29H46N8O4. The third-order valence-electron chi connectivity index (χ3n) is 6.64. The standard InChI is InChI=1S/C26H38N8O2.C3H8O2/c1-5-33(14-6-13-28-25(35)32-19-9-7-18(8-10-19)26(2,3)4)15-20-11-12-21(36-20)34-17-31-22-23(27)29-16-30-24(22)34;1-3(2,4)5/h7-10,16-17,20-21H,5-6,11-15H2,1-4H3,(H2,27,29,30)(H2,28,32,35);4-5H,1-2H3. The predicted molar refractivity (Wildman–Crippen MR) is 160 cm³/mol. The van der Waals surface area contributed by atoms with Gasteiger partial charge in [0.15, 0.2) is 17.3 Å². The van der Waals surface area contributed by atoms with Crippen molar-refractivity contribution in [2.45, 2.75) is 84.3 Å². The van der Waals surface area contributed by atoms with Gasteiger partial charge in [-0.15, -0.1) is 0 Å². The van der Waals surface area contributed by atoms with Gasteiger partial charge in [0, 0.05) is 18.8 Å². The van der Waals surface area contributed by atoms with Gasteiger partial charge in [-0.25, -0.2) is 19.7 Å². The molecule has 0 saturated carbocycles. The van der Waals surface area contributed by atoms with Crippen LogP contribution >= 0.6 is 0 Å². The zero-order valence-corrected chi connectivity index (χ0v) is 25.1. The van der Waals surface area contributed by atoms with Crippen LogP contribution in [0.3, 0.4) is 0 Å². The van der Waals surface area contributed by atoms with Crippen molar-refractivity contribution in [3.05, 3.63) is 42.5 Å². The number of ether oxygens (including phenoxy) is 1. The molecule has 1 aromatic carbocycles. The van der Waals surface area contributed by atoms with Gasteiger partial charge in [0.05, 0.1) is 12.4 Å². The second-order valence-corrected chi connectivity index (χ2v) is 11.8. The van der Waals surface area contributed by atoms with Gasteiger partial charge in [-0.1, -0.05) is 39.8 Å². The van der Waals surface area contributed by atoms with Crippen molar-refractivity contribution in [2.75, 3.05) is 37.2 Å². The van der Waals surface area contributed by atoms with Crippen molar-refractivity contribution in [3.8, 4) is 0 Å². The van der Waals surface area contributed by atoms with Gasteiger partial charge in [0.2, 0.25) is 0 Å². The lowest BCUT2D eigenvalue weighted by molar-refractivity contribution is -0.127. The minimum Gasteiger partial charge on any atom is -0.382 e. The molecule has 6 N–H and O–H groups in total. The number of carbonyl (C=O) groups excluding carboxylic acids is 1. The summed E-state index contributed by atoms with van der Waals surface area (Å²) in [7, 11) is 0. The first-order valence-electron chi connectivity index (χ1n) is 14.2. The average Bonchev–Trinajstić information content (AvgIpc) is 3.52. The smallest absolute Gasteiger partial charge is 0.319 e. The zero-order chi connectivity index (χ0) is 30.2. The first kappa shape index (κ1) is 32.2. The molecule has 2 unspecified atom stereocenters. The van der Waals surface area contributed by atoms with E-state index in [1.165, 1.54) is 25.7 Å². The highest BCUT2D eigenvalue weighted by molar-refractivity contribution is 5.89. The van der Waals surface area contributed by atoms with Gasteiger partial charge in [-0.05, 0) is 69.3 Å². The van der Waals surface area contributed by atoms with Gasteiger partial charge in [-0.2, -0.15) is 0 Å².